The van der Waals surface area contributed by atoms with Gasteiger partial charge in [0.2, 0.25) is 10.0 Å². The second-order valence-corrected chi connectivity index (χ2v) is 6.70. The fraction of sp³-hybridized carbons (Fsp3) is 0.700. The van der Waals surface area contributed by atoms with Gasteiger partial charge in [0.25, 0.3) is 0 Å². The Morgan fingerprint density at radius 1 is 1.53 bits per heavy atom. The van der Waals surface area contributed by atoms with E-state index in [9.17, 15) is 8.42 Å². The van der Waals surface area contributed by atoms with Crippen molar-refractivity contribution in [2.75, 3.05) is 16.6 Å². The summed E-state index contributed by atoms with van der Waals surface area (Å²) in [4.78, 5) is 0. The fourth-order valence-corrected chi connectivity index (χ4v) is 4.03. The lowest BCUT2D eigenvalue weighted by Gasteiger charge is -2.24. The SMILES string of the molecule is C[C@H]1Cn2ncc(N3CCCS3(=O)=O)c2CN1. The lowest BCUT2D eigenvalue weighted by molar-refractivity contribution is 0.389. The van der Waals surface area contributed by atoms with E-state index in [1.165, 1.54) is 4.31 Å². The number of anilines is 1. The van der Waals surface area contributed by atoms with Gasteiger partial charge in [0.1, 0.15) is 0 Å². The molecule has 7 heteroatoms. The van der Waals surface area contributed by atoms with Gasteiger partial charge in [-0.1, -0.05) is 0 Å². The Balaban J connectivity index is 2.00. The van der Waals surface area contributed by atoms with E-state index in [2.05, 4.69) is 17.3 Å². The van der Waals surface area contributed by atoms with Crippen LogP contribution >= 0.6 is 0 Å². The maximum Gasteiger partial charge on any atom is 0.235 e. The first-order chi connectivity index (χ1) is 8.08. The number of fused-ring (bicyclic) bond motifs is 1. The highest BCUT2D eigenvalue weighted by Crippen LogP contribution is 2.28. The third-order valence-electron chi connectivity index (χ3n) is 3.36. The summed E-state index contributed by atoms with van der Waals surface area (Å²) >= 11 is 0. The summed E-state index contributed by atoms with van der Waals surface area (Å²) in [6.07, 6.45) is 2.38. The summed E-state index contributed by atoms with van der Waals surface area (Å²) < 4.78 is 27.2. The van der Waals surface area contributed by atoms with Crippen molar-refractivity contribution >= 4 is 15.7 Å². The van der Waals surface area contributed by atoms with Crippen molar-refractivity contribution in [3.8, 4) is 0 Å². The number of hydrogen-bond donors (Lipinski definition) is 1. The van der Waals surface area contributed by atoms with Gasteiger partial charge in [-0.2, -0.15) is 5.10 Å². The van der Waals surface area contributed by atoms with E-state index in [0.29, 0.717) is 25.6 Å². The van der Waals surface area contributed by atoms with Crippen LogP contribution in [-0.4, -0.2) is 36.5 Å². The summed E-state index contributed by atoms with van der Waals surface area (Å²) in [6, 6.07) is 0.380. The molecular formula is C10H16N4O2S. The van der Waals surface area contributed by atoms with Crippen LogP contribution in [0.5, 0.6) is 0 Å². The van der Waals surface area contributed by atoms with Gasteiger partial charge in [-0.15, -0.1) is 0 Å². The van der Waals surface area contributed by atoms with E-state index in [0.717, 1.165) is 17.9 Å². The Morgan fingerprint density at radius 2 is 2.35 bits per heavy atom. The molecule has 2 aliphatic rings. The van der Waals surface area contributed by atoms with Gasteiger partial charge >= 0.3 is 0 Å². The Bertz CT molecular complexity index is 537. The Hall–Kier alpha value is -1.08. The molecule has 0 spiro atoms. The van der Waals surface area contributed by atoms with Gasteiger partial charge in [-0.05, 0) is 13.3 Å². The highest BCUT2D eigenvalue weighted by molar-refractivity contribution is 7.93. The average Bonchev–Trinajstić information content (AvgIpc) is 2.80. The van der Waals surface area contributed by atoms with Gasteiger partial charge in [-0.25, -0.2) is 8.42 Å². The molecule has 1 aromatic rings. The predicted octanol–water partition coefficient (Wildman–Crippen LogP) is -0.0853. The molecule has 0 unspecified atom stereocenters. The van der Waals surface area contributed by atoms with E-state index in [-0.39, 0.29) is 5.75 Å². The summed E-state index contributed by atoms with van der Waals surface area (Å²) in [5.74, 6) is 0.251. The third kappa shape index (κ3) is 1.73. The lowest BCUT2D eigenvalue weighted by Crippen LogP contribution is -2.37. The molecule has 3 rings (SSSR count). The number of nitrogens with zero attached hydrogens (tertiary/aromatic N) is 3. The van der Waals surface area contributed by atoms with Gasteiger partial charge in [0, 0.05) is 19.1 Å². The molecule has 0 radical (unpaired) electrons. The molecular weight excluding hydrogens is 240 g/mol. The standard InChI is InChI=1S/C10H16N4O2S/c1-8-7-13-9(5-11-8)10(6-12-13)14-3-2-4-17(14,15)16/h6,8,11H,2-5,7H2,1H3/t8-/m0/s1. The van der Waals surface area contributed by atoms with Crippen LogP contribution in [0.3, 0.4) is 0 Å². The molecule has 94 valence electrons. The van der Waals surface area contributed by atoms with E-state index in [4.69, 9.17) is 0 Å². The molecule has 0 amide bonds. The quantitative estimate of drug-likeness (QED) is 0.763. The summed E-state index contributed by atoms with van der Waals surface area (Å²) in [7, 11) is -3.10. The fourth-order valence-electron chi connectivity index (χ4n) is 2.45. The minimum absolute atomic E-state index is 0.251. The molecule has 1 fully saturated rings. The number of aromatic nitrogens is 2. The van der Waals surface area contributed by atoms with Crippen LogP contribution in [0.25, 0.3) is 0 Å². The van der Waals surface area contributed by atoms with Crippen LogP contribution in [0.2, 0.25) is 0 Å². The smallest absolute Gasteiger partial charge is 0.235 e. The lowest BCUT2D eigenvalue weighted by atomic mass is 10.2. The van der Waals surface area contributed by atoms with Crippen LogP contribution in [0, 0.1) is 0 Å². The first-order valence-electron chi connectivity index (χ1n) is 5.86. The first-order valence-corrected chi connectivity index (χ1v) is 7.47. The van der Waals surface area contributed by atoms with Crippen molar-refractivity contribution in [2.45, 2.75) is 32.5 Å². The molecule has 0 aliphatic carbocycles. The van der Waals surface area contributed by atoms with Gasteiger partial charge in [0.15, 0.2) is 0 Å². The van der Waals surface area contributed by atoms with Crippen molar-refractivity contribution in [1.29, 1.82) is 0 Å². The monoisotopic (exact) mass is 256 g/mol. The van der Waals surface area contributed by atoms with Crippen molar-refractivity contribution in [3.05, 3.63) is 11.9 Å². The first kappa shape index (κ1) is 11.0. The number of nitrogens with one attached hydrogen (secondary N) is 1. The highest BCUT2D eigenvalue weighted by Gasteiger charge is 2.32. The molecule has 3 heterocycles. The van der Waals surface area contributed by atoms with Crippen LogP contribution in [0.1, 0.15) is 19.0 Å². The van der Waals surface area contributed by atoms with Crippen LogP contribution < -0.4 is 9.62 Å². The Kier molecular flexibility index (Phi) is 2.41. The van der Waals surface area contributed by atoms with Gasteiger partial charge in [-0.3, -0.25) is 8.99 Å². The summed E-state index contributed by atoms with van der Waals surface area (Å²) in [6.45, 7) is 4.15. The van der Waals surface area contributed by atoms with Crippen LogP contribution in [0.15, 0.2) is 6.20 Å². The molecule has 0 saturated carbocycles. The van der Waals surface area contributed by atoms with Gasteiger partial charge < -0.3 is 5.32 Å². The normalized spacial score (nSPS) is 27.1. The highest BCUT2D eigenvalue weighted by atomic mass is 32.2. The summed E-state index contributed by atoms with van der Waals surface area (Å²) in [5, 5.41) is 7.62. The van der Waals surface area contributed by atoms with Crippen molar-refractivity contribution in [1.82, 2.24) is 15.1 Å². The zero-order valence-corrected chi connectivity index (χ0v) is 10.6. The second-order valence-electron chi connectivity index (χ2n) is 4.68. The largest absolute Gasteiger partial charge is 0.307 e. The molecule has 17 heavy (non-hydrogen) atoms. The van der Waals surface area contributed by atoms with Crippen LogP contribution in [0.4, 0.5) is 5.69 Å². The minimum Gasteiger partial charge on any atom is -0.307 e. The van der Waals surface area contributed by atoms with Crippen molar-refractivity contribution < 1.29 is 8.42 Å². The molecule has 2 aliphatic heterocycles. The Labute approximate surface area is 101 Å². The second kappa shape index (κ2) is 3.71. The predicted molar refractivity (Wildman–Crippen MR) is 64.3 cm³/mol. The minimum atomic E-state index is -3.10. The molecule has 1 saturated heterocycles. The summed E-state index contributed by atoms with van der Waals surface area (Å²) in [5.41, 5.74) is 1.73. The number of rotatable bonds is 1. The van der Waals surface area contributed by atoms with Gasteiger partial charge in [0.05, 0.1) is 29.9 Å². The van der Waals surface area contributed by atoms with Crippen molar-refractivity contribution in [2.24, 2.45) is 0 Å². The third-order valence-corrected chi connectivity index (χ3v) is 5.21. The maximum absolute atomic E-state index is 11.9. The number of sulfonamides is 1. The molecule has 1 aromatic heterocycles. The molecule has 1 atom stereocenters. The maximum atomic E-state index is 11.9. The van der Waals surface area contributed by atoms with Crippen LogP contribution in [-0.2, 0) is 23.1 Å². The average molecular weight is 256 g/mol. The molecule has 1 N–H and O–H groups in total. The zero-order chi connectivity index (χ0) is 12.0. The van der Waals surface area contributed by atoms with E-state index < -0.39 is 10.0 Å². The zero-order valence-electron chi connectivity index (χ0n) is 9.76. The number of hydrogen-bond acceptors (Lipinski definition) is 4. The van der Waals surface area contributed by atoms with E-state index in [1.54, 1.807) is 6.20 Å². The molecule has 0 aromatic carbocycles. The Morgan fingerprint density at radius 3 is 3.06 bits per heavy atom. The van der Waals surface area contributed by atoms with E-state index >= 15 is 0 Å². The van der Waals surface area contributed by atoms with Crippen molar-refractivity contribution in [3.63, 3.8) is 0 Å². The van der Waals surface area contributed by atoms with E-state index in [1.807, 2.05) is 4.68 Å². The molecule has 6 nitrogen and oxygen atoms in total. The topological polar surface area (TPSA) is 67.2 Å². The molecule has 0 bridgehead atoms.